The van der Waals surface area contributed by atoms with Crippen LogP contribution in [0.5, 0.6) is 5.75 Å². The van der Waals surface area contributed by atoms with Crippen molar-refractivity contribution < 1.29 is 5.11 Å². The van der Waals surface area contributed by atoms with Crippen molar-refractivity contribution in [2.75, 3.05) is 18.0 Å². The summed E-state index contributed by atoms with van der Waals surface area (Å²) in [6.45, 7) is 8.39. The summed E-state index contributed by atoms with van der Waals surface area (Å²) in [4.78, 5) is 2.36. The number of benzene rings is 1. The Morgan fingerprint density at radius 2 is 1.74 bits per heavy atom. The van der Waals surface area contributed by atoms with Crippen molar-refractivity contribution in [2.24, 2.45) is 5.73 Å². The monoisotopic (exact) mass is 264 g/mol. The Hall–Kier alpha value is -1.22. The van der Waals surface area contributed by atoms with Gasteiger partial charge in [-0.2, -0.15) is 0 Å². The van der Waals surface area contributed by atoms with Crippen LogP contribution in [0.1, 0.15) is 58.1 Å². The Morgan fingerprint density at radius 3 is 2.16 bits per heavy atom. The molecule has 1 rings (SSSR count). The topological polar surface area (TPSA) is 49.5 Å². The first-order chi connectivity index (χ1) is 9.10. The van der Waals surface area contributed by atoms with E-state index in [9.17, 15) is 5.11 Å². The van der Waals surface area contributed by atoms with Crippen LogP contribution in [-0.4, -0.2) is 18.2 Å². The van der Waals surface area contributed by atoms with Crippen LogP contribution in [-0.2, 0) is 0 Å². The van der Waals surface area contributed by atoms with Gasteiger partial charge in [-0.15, -0.1) is 0 Å². The van der Waals surface area contributed by atoms with E-state index in [4.69, 9.17) is 5.73 Å². The molecule has 1 aromatic rings. The lowest BCUT2D eigenvalue weighted by atomic mass is 10.1. The standard InChI is InChI=1S/C16H28N2O/c1-4-6-10-18(11-7-5-2)14-8-9-15(13(3)17)16(19)12-14/h8-9,12-13,19H,4-7,10-11,17H2,1-3H3. The summed E-state index contributed by atoms with van der Waals surface area (Å²) >= 11 is 0. The molecule has 3 N–H and O–H groups in total. The van der Waals surface area contributed by atoms with E-state index in [0.717, 1.165) is 24.3 Å². The van der Waals surface area contributed by atoms with Crippen LogP contribution in [0, 0.1) is 0 Å². The van der Waals surface area contributed by atoms with Crippen LogP contribution < -0.4 is 10.6 Å². The average Bonchev–Trinajstić information content (AvgIpc) is 2.38. The molecule has 0 fully saturated rings. The molecule has 0 saturated carbocycles. The van der Waals surface area contributed by atoms with Crippen LogP contribution in [0.15, 0.2) is 18.2 Å². The minimum absolute atomic E-state index is 0.131. The molecule has 0 saturated heterocycles. The number of hydrogen-bond acceptors (Lipinski definition) is 3. The molecule has 1 aromatic carbocycles. The van der Waals surface area contributed by atoms with Gasteiger partial charge in [-0.1, -0.05) is 32.8 Å². The first-order valence-electron chi connectivity index (χ1n) is 7.43. The molecular weight excluding hydrogens is 236 g/mol. The molecule has 108 valence electrons. The van der Waals surface area contributed by atoms with Crippen LogP contribution >= 0.6 is 0 Å². The van der Waals surface area contributed by atoms with E-state index in [1.54, 1.807) is 0 Å². The minimum atomic E-state index is -0.131. The molecule has 0 aliphatic rings. The van der Waals surface area contributed by atoms with Gasteiger partial charge >= 0.3 is 0 Å². The van der Waals surface area contributed by atoms with Gasteiger partial charge in [0.15, 0.2) is 0 Å². The summed E-state index contributed by atoms with van der Waals surface area (Å²) in [5.74, 6) is 0.311. The van der Waals surface area contributed by atoms with Gasteiger partial charge in [0, 0.05) is 36.4 Å². The fourth-order valence-corrected chi connectivity index (χ4v) is 2.18. The molecular formula is C16H28N2O. The number of phenolic OH excluding ortho intramolecular Hbond substituents is 1. The van der Waals surface area contributed by atoms with Crippen LogP contribution in [0.25, 0.3) is 0 Å². The van der Waals surface area contributed by atoms with Crippen molar-refractivity contribution in [2.45, 2.75) is 52.5 Å². The molecule has 1 atom stereocenters. The smallest absolute Gasteiger partial charge is 0.122 e. The predicted molar refractivity (Wildman–Crippen MR) is 82.7 cm³/mol. The van der Waals surface area contributed by atoms with Gasteiger partial charge in [0.1, 0.15) is 5.75 Å². The summed E-state index contributed by atoms with van der Waals surface area (Å²) in [6.07, 6.45) is 4.73. The van der Waals surface area contributed by atoms with Crippen molar-refractivity contribution in [3.63, 3.8) is 0 Å². The summed E-state index contributed by atoms with van der Waals surface area (Å²) in [5.41, 5.74) is 7.74. The van der Waals surface area contributed by atoms with E-state index in [-0.39, 0.29) is 6.04 Å². The highest BCUT2D eigenvalue weighted by Gasteiger charge is 2.10. The maximum Gasteiger partial charge on any atom is 0.122 e. The number of anilines is 1. The molecule has 0 aliphatic heterocycles. The van der Waals surface area contributed by atoms with Crippen molar-refractivity contribution >= 4 is 5.69 Å². The number of nitrogens with zero attached hydrogens (tertiary/aromatic N) is 1. The molecule has 0 heterocycles. The quantitative estimate of drug-likeness (QED) is 0.750. The summed E-state index contributed by atoms with van der Waals surface area (Å²) in [6, 6.07) is 5.74. The third-order valence-corrected chi connectivity index (χ3v) is 3.43. The minimum Gasteiger partial charge on any atom is -0.508 e. The molecule has 3 nitrogen and oxygen atoms in total. The SMILES string of the molecule is CCCCN(CCCC)c1ccc(C(C)N)c(O)c1. The molecule has 0 amide bonds. The van der Waals surface area contributed by atoms with Crippen molar-refractivity contribution in [1.82, 2.24) is 0 Å². The molecule has 1 unspecified atom stereocenters. The van der Waals surface area contributed by atoms with Gasteiger partial charge in [-0.3, -0.25) is 0 Å². The lowest BCUT2D eigenvalue weighted by Crippen LogP contribution is -2.25. The third-order valence-electron chi connectivity index (χ3n) is 3.43. The third kappa shape index (κ3) is 4.75. The maximum atomic E-state index is 10.1. The fourth-order valence-electron chi connectivity index (χ4n) is 2.18. The second kappa shape index (κ2) is 8.05. The van der Waals surface area contributed by atoms with E-state index in [2.05, 4.69) is 24.8 Å². The number of phenols is 1. The Kier molecular flexibility index (Phi) is 6.71. The highest BCUT2D eigenvalue weighted by atomic mass is 16.3. The van der Waals surface area contributed by atoms with E-state index in [1.807, 2.05) is 19.1 Å². The molecule has 0 spiro atoms. The molecule has 0 radical (unpaired) electrons. The van der Waals surface area contributed by atoms with Gasteiger partial charge in [0.05, 0.1) is 0 Å². The van der Waals surface area contributed by atoms with Crippen molar-refractivity contribution in [3.05, 3.63) is 23.8 Å². The van der Waals surface area contributed by atoms with Gasteiger partial charge in [0.2, 0.25) is 0 Å². The largest absolute Gasteiger partial charge is 0.508 e. The van der Waals surface area contributed by atoms with Gasteiger partial charge in [0.25, 0.3) is 0 Å². The average molecular weight is 264 g/mol. The highest BCUT2D eigenvalue weighted by Crippen LogP contribution is 2.28. The molecule has 3 heteroatoms. The van der Waals surface area contributed by atoms with Gasteiger partial charge in [-0.05, 0) is 25.8 Å². The maximum absolute atomic E-state index is 10.1. The molecule has 19 heavy (non-hydrogen) atoms. The normalized spacial score (nSPS) is 12.4. The van der Waals surface area contributed by atoms with Gasteiger partial charge < -0.3 is 15.7 Å². The predicted octanol–water partition coefficient (Wildman–Crippen LogP) is 3.82. The molecule has 0 aliphatic carbocycles. The first-order valence-corrected chi connectivity index (χ1v) is 7.43. The lowest BCUT2D eigenvalue weighted by Gasteiger charge is -2.25. The fraction of sp³-hybridized carbons (Fsp3) is 0.625. The number of unbranched alkanes of at least 4 members (excludes halogenated alkanes) is 2. The first kappa shape index (κ1) is 15.8. The van der Waals surface area contributed by atoms with Crippen LogP contribution in [0.3, 0.4) is 0 Å². The summed E-state index contributed by atoms with van der Waals surface area (Å²) in [7, 11) is 0. The van der Waals surface area contributed by atoms with Crippen molar-refractivity contribution in [3.8, 4) is 5.75 Å². The van der Waals surface area contributed by atoms with Crippen LogP contribution in [0.2, 0.25) is 0 Å². The highest BCUT2D eigenvalue weighted by molar-refractivity contribution is 5.54. The zero-order valence-electron chi connectivity index (χ0n) is 12.5. The zero-order valence-corrected chi connectivity index (χ0v) is 12.5. The number of nitrogens with two attached hydrogens (primary N) is 1. The van der Waals surface area contributed by atoms with Gasteiger partial charge in [-0.25, -0.2) is 0 Å². The Labute approximate surface area is 117 Å². The summed E-state index contributed by atoms with van der Waals surface area (Å²) < 4.78 is 0. The van der Waals surface area contributed by atoms with E-state index in [0.29, 0.717) is 5.75 Å². The number of aromatic hydroxyl groups is 1. The second-order valence-corrected chi connectivity index (χ2v) is 5.23. The van der Waals surface area contributed by atoms with E-state index >= 15 is 0 Å². The zero-order chi connectivity index (χ0) is 14.3. The van der Waals surface area contributed by atoms with E-state index in [1.165, 1.54) is 25.7 Å². The number of rotatable bonds is 8. The van der Waals surface area contributed by atoms with E-state index < -0.39 is 0 Å². The Balaban J connectivity index is 2.85. The Bertz CT molecular complexity index is 369. The van der Waals surface area contributed by atoms with Crippen LogP contribution in [0.4, 0.5) is 5.69 Å². The summed E-state index contributed by atoms with van der Waals surface area (Å²) in [5, 5.41) is 10.1. The Morgan fingerprint density at radius 1 is 1.16 bits per heavy atom. The van der Waals surface area contributed by atoms with Crippen molar-refractivity contribution in [1.29, 1.82) is 0 Å². The lowest BCUT2D eigenvalue weighted by molar-refractivity contribution is 0.463. The second-order valence-electron chi connectivity index (χ2n) is 5.23. The molecule has 0 bridgehead atoms. The number of hydrogen-bond donors (Lipinski definition) is 2. The molecule has 0 aromatic heterocycles.